The van der Waals surface area contributed by atoms with E-state index >= 15 is 0 Å². The summed E-state index contributed by atoms with van der Waals surface area (Å²) in [4.78, 5) is 12.0. The Balaban J connectivity index is 1.83. The average Bonchev–Trinajstić information content (AvgIpc) is 3.16. The van der Waals surface area contributed by atoms with E-state index in [9.17, 15) is 9.50 Å². The molecule has 0 amide bonds. The topological polar surface area (TPSA) is 76.2 Å². The van der Waals surface area contributed by atoms with E-state index in [1.807, 2.05) is 0 Å². The monoisotopic (exact) mass is 355 g/mol. The molecule has 4 rings (SSSR count). The van der Waals surface area contributed by atoms with Gasteiger partial charge in [-0.25, -0.2) is 14.4 Å². The Morgan fingerprint density at radius 1 is 1.15 bits per heavy atom. The summed E-state index contributed by atoms with van der Waals surface area (Å²) in [5.41, 5.74) is -2.09. The number of hydrogen-bond acceptors (Lipinski definition) is 5. The number of hydrogen-bond donors (Lipinski definition) is 1. The molecule has 0 aliphatic carbocycles. The minimum absolute atomic E-state index is 0.128. The summed E-state index contributed by atoms with van der Waals surface area (Å²) in [5.74, 6) is -0.582. The van der Waals surface area contributed by atoms with Crippen LogP contribution < -0.4 is 0 Å². The van der Waals surface area contributed by atoms with Gasteiger partial charge in [-0.1, -0.05) is 6.07 Å². The van der Waals surface area contributed by atoms with Crippen LogP contribution in [0.4, 0.5) is 4.39 Å². The first-order chi connectivity index (χ1) is 14.9. The van der Waals surface area contributed by atoms with Crippen molar-refractivity contribution in [1.29, 1.82) is 0 Å². The Kier molecular flexibility index (Phi) is 2.46. The SMILES string of the molecule is [2H]C([2H])([2H])C(O)(c1cnn2c(-c3ccc(F)c(-c4cccnc4)c3)cnc2n1)C([2H])([2H])[2H]. The van der Waals surface area contributed by atoms with Crippen LogP contribution in [0, 0.1) is 5.82 Å². The van der Waals surface area contributed by atoms with Gasteiger partial charge >= 0.3 is 0 Å². The molecule has 1 aromatic carbocycles. The molecular weight excluding hydrogens is 333 g/mol. The Hall–Kier alpha value is -3.19. The zero-order valence-corrected chi connectivity index (χ0v) is 13.3. The molecule has 0 spiro atoms. The predicted octanol–water partition coefficient (Wildman–Crippen LogP) is 3.22. The largest absolute Gasteiger partial charge is 0.384 e. The van der Waals surface area contributed by atoms with Gasteiger partial charge in [0.1, 0.15) is 11.4 Å². The van der Waals surface area contributed by atoms with Crippen molar-refractivity contribution in [2.75, 3.05) is 0 Å². The van der Waals surface area contributed by atoms with E-state index in [4.69, 9.17) is 8.22 Å². The van der Waals surface area contributed by atoms with E-state index < -0.39 is 30.8 Å². The van der Waals surface area contributed by atoms with Crippen molar-refractivity contribution in [2.24, 2.45) is 0 Å². The van der Waals surface area contributed by atoms with E-state index in [0.717, 1.165) is 6.20 Å². The van der Waals surface area contributed by atoms with E-state index in [1.54, 1.807) is 24.4 Å². The molecule has 0 bridgehead atoms. The molecule has 1 N–H and O–H groups in total. The number of rotatable bonds is 3. The van der Waals surface area contributed by atoms with Gasteiger partial charge in [0, 0.05) is 37.3 Å². The van der Waals surface area contributed by atoms with Crippen molar-refractivity contribution >= 4 is 5.78 Å². The molecule has 130 valence electrons. The third-order valence-corrected chi connectivity index (χ3v) is 3.84. The standard InChI is InChI=1S/C19H16FN5O/c1-19(2,26)17-11-23-25-16(10-22-18(25)24-17)12-5-6-15(20)14(8-12)13-4-3-7-21-9-13/h3-11,26H,1-2H3/i1D3,2D3. The molecule has 7 heteroatoms. The first-order valence-corrected chi connectivity index (χ1v) is 7.57. The number of benzene rings is 1. The van der Waals surface area contributed by atoms with Crippen molar-refractivity contribution in [3.63, 3.8) is 0 Å². The lowest BCUT2D eigenvalue weighted by molar-refractivity contribution is 0.0734. The molecule has 26 heavy (non-hydrogen) atoms. The molecule has 0 saturated heterocycles. The van der Waals surface area contributed by atoms with Crippen molar-refractivity contribution in [3.05, 3.63) is 66.6 Å². The molecule has 0 unspecified atom stereocenters. The van der Waals surface area contributed by atoms with Gasteiger partial charge in [-0.3, -0.25) is 4.98 Å². The van der Waals surface area contributed by atoms with Gasteiger partial charge in [0.15, 0.2) is 0 Å². The highest BCUT2D eigenvalue weighted by Crippen LogP contribution is 2.28. The molecule has 3 heterocycles. The van der Waals surface area contributed by atoms with Crippen LogP contribution in [0.3, 0.4) is 0 Å². The number of aliphatic hydroxyl groups is 1. The Bertz CT molecular complexity index is 1280. The average molecular weight is 355 g/mol. The molecule has 6 nitrogen and oxygen atoms in total. The van der Waals surface area contributed by atoms with Crippen LogP contribution in [0.1, 0.15) is 27.6 Å². The number of aromatic nitrogens is 5. The summed E-state index contributed by atoms with van der Waals surface area (Å²) in [7, 11) is 0. The maximum atomic E-state index is 14.4. The second-order valence-electron chi connectivity index (χ2n) is 5.64. The Morgan fingerprint density at radius 2 is 2.04 bits per heavy atom. The number of halogens is 1. The second-order valence-corrected chi connectivity index (χ2v) is 5.64. The first-order valence-electron chi connectivity index (χ1n) is 10.6. The molecule has 3 aromatic heterocycles. The van der Waals surface area contributed by atoms with Crippen LogP contribution in [0.5, 0.6) is 0 Å². The molecule has 0 saturated carbocycles. The van der Waals surface area contributed by atoms with E-state index in [2.05, 4.69) is 20.1 Å². The minimum Gasteiger partial charge on any atom is -0.384 e. The van der Waals surface area contributed by atoms with Crippen molar-refractivity contribution in [1.82, 2.24) is 24.6 Å². The third kappa shape index (κ3) is 2.82. The normalized spacial score (nSPS) is 16.2. The maximum absolute atomic E-state index is 14.4. The lowest BCUT2D eigenvalue weighted by atomic mass is 10.0. The van der Waals surface area contributed by atoms with Crippen LogP contribution in [0.25, 0.3) is 28.2 Å². The molecule has 0 radical (unpaired) electrons. The second kappa shape index (κ2) is 5.96. The fourth-order valence-corrected chi connectivity index (χ4v) is 2.57. The van der Waals surface area contributed by atoms with Crippen LogP contribution in [0.15, 0.2) is 55.1 Å². The summed E-state index contributed by atoms with van der Waals surface area (Å²) in [6, 6.07) is 7.75. The van der Waals surface area contributed by atoms with Gasteiger partial charge in [-0.05, 0) is 38.0 Å². The van der Waals surface area contributed by atoms with Crippen molar-refractivity contribution in [3.8, 4) is 22.4 Å². The predicted molar refractivity (Wildman–Crippen MR) is 94.7 cm³/mol. The fourth-order valence-electron chi connectivity index (χ4n) is 2.57. The van der Waals surface area contributed by atoms with E-state index in [-0.39, 0.29) is 5.78 Å². The Morgan fingerprint density at radius 3 is 2.81 bits per heavy atom. The molecule has 0 fully saturated rings. The third-order valence-electron chi connectivity index (χ3n) is 3.84. The van der Waals surface area contributed by atoms with Crippen LogP contribution in [-0.4, -0.2) is 29.7 Å². The smallest absolute Gasteiger partial charge is 0.251 e. The number of nitrogens with zero attached hydrogens (tertiary/aromatic N) is 5. The van der Waals surface area contributed by atoms with Crippen LogP contribution in [0.2, 0.25) is 0 Å². The molecular formula is C19H16FN5O. The highest BCUT2D eigenvalue weighted by Gasteiger charge is 2.20. The zero-order chi connectivity index (χ0) is 23.3. The van der Waals surface area contributed by atoms with Crippen molar-refractivity contribution in [2.45, 2.75) is 19.3 Å². The molecule has 0 aliphatic rings. The van der Waals surface area contributed by atoms with Gasteiger partial charge in [-0.15, -0.1) is 0 Å². The van der Waals surface area contributed by atoms with Gasteiger partial charge in [0.2, 0.25) is 0 Å². The fraction of sp³-hybridized carbons (Fsp3) is 0.158. The maximum Gasteiger partial charge on any atom is 0.251 e. The number of imidazole rings is 1. The van der Waals surface area contributed by atoms with Gasteiger partial charge in [0.25, 0.3) is 5.78 Å². The number of fused-ring (bicyclic) bond motifs is 1. The summed E-state index contributed by atoms with van der Waals surface area (Å²) >= 11 is 0. The van der Waals surface area contributed by atoms with Crippen molar-refractivity contribution < 1.29 is 17.7 Å². The summed E-state index contributed by atoms with van der Waals surface area (Å²) < 4.78 is 60.9. The van der Waals surface area contributed by atoms with Gasteiger partial charge in [-0.2, -0.15) is 9.61 Å². The first kappa shape index (κ1) is 10.7. The summed E-state index contributed by atoms with van der Waals surface area (Å²) in [6.45, 7) is -6.59. The quantitative estimate of drug-likeness (QED) is 0.611. The van der Waals surface area contributed by atoms with E-state index in [1.165, 1.54) is 29.0 Å². The lowest BCUT2D eigenvalue weighted by Crippen LogP contribution is -2.19. The van der Waals surface area contributed by atoms with Gasteiger partial charge in [0.05, 0.1) is 23.8 Å². The van der Waals surface area contributed by atoms with Crippen LogP contribution in [-0.2, 0) is 5.60 Å². The number of pyridine rings is 1. The van der Waals surface area contributed by atoms with Crippen LogP contribution >= 0.6 is 0 Å². The summed E-state index contributed by atoms with van der Waals surface area (Å²) in [5, 5.41) is 14.7. The Labute approximate surface area is 157 Å². The van der Waals surface area contributed by atoms with Gasteiger partial charge < -0.3 is 5.11 Å². The highest BCUT2D eigenvalue weighted by molar-refractivity contribution is 5.72. The minimum atomic E-state index is -3.30. The van der Waals surface area contributed by atoms with E-state index in [0.29, 0.717) is 22.4 Å². The molecule has 0 atom stereocenters. The zero-order valence-electron chi connectivity index (χ0n) is 19.3. The molecule has 4 aromatic rings. The lowest BCUT2D eigenvalue weighted by Gasteiger charge is -2.15. The molecule has 0 aliphatic heterocycles. The summed E-state index contributed by atoms with van der Waals surface area (Å²) in [6.07, 6.45) is 5.35. The highest BCUT2D eigenvalue weighted by atomic mass is 19.1.